The fourth-order valence-electron chi connectivity index (χ4n) is 4.83. The van der Waals surface area contributed by atoms with E-state index in [0.29, 0.717) is 31.1 Å². The molecule has 1 spiro atoms. The fraction of sp³-hybridized carbons (Fsp3) is 0.591. The van der Waals surface area contributed by atoms with Crippen molar-refractivity contribution < 1.29 is 19.6 Å². The maximum Gasteiger partial charge on any atom is 0.318 e. The number of rotatable bonds is 6. The molecule has 0 bridgehead atoms. The topological polar surface area (TPSA) is 111 Å². The highest BCUT2D eigenvalue weighted by Gasteiger charge is 2.60. The summed E-state index contributed by atoms with van der Waals surface area (Å²) in [5.41, 5.74) is 3.58. The lowest BCUT2D eigenvalue weighted by Gasteiger charge is -2.42. The first-order valence-corrected chi connectivity index (χ1v) is 11.9. The summed E-state index contributed by atoms with van der Waals surface area (Å²) in [6.45, 7) is 5.28. The van der Waals surface area contributed by atoms with Gasteiger partial charge in [-0.05, 0) is 42.2 Å². The molecule has 2 aliphatic rings. The Morgan fingerprint density at radius 1 is 1.39 bits per heavy atom. The monoisotopic (exact) mass is 448 g/mol. The van der Waals surface area contributed by atoms with Crippen LogP contribution in [-0.2, 0) is 22.4 Å². The van der Waals surface area contributed by atoms with Crippen LogP contribution in [0.1, 0.15) is 31.4 Å². The predicted octanol–water partition coefficient (Wildman–Crippen LogP) is 2.09. The van der Waals surface area contributed by atoms with Crippen LogP contribution < -0.4 is 16.1 Å². The minimum absolute atomic E-state index is 0.129. The zero-order chi connectivity index (χ0) is 22.8. The van der Waals surface area contributed by atoms with Crippen LogP contribution in [0.5, 0.6) is 0 Å². The number of carbonyl (C=O) groups excluding carboxylic acids is 3. The summed E-state index contributed by atoms with van der Waals surface area (Å²) in [6.07, 6.45) is 3.32. The third kappa shape index (κ3) is 4.18. The number of carbonyl (C=O) groups is 3. The van der Waals surface area contributed by atoms with Gasteiger partial charge in [-0.25, -0.2) is 4.79 Å². The van der Waals surface area contributed by atoms with Crippen molar-refractivity contribution in [1.82, 2.24) is 15.5 Å². The maximum absolute atomic E-state index is 13.6. The Bertz CT molecular complexity index is 875. The van der Waals surface area contributed by atoms with Crippen molar-refractivity contribution in [1.29, 1.82) is 0 Å². The highest BCUT2D eigenvalue weighted by molar-refractivity contribution is 7.98. The molecule has 8 nitrogen and oxygen atoms in total. The quantitative estimate of drug-likeness (QED) is 0.300. The summed E-state index contributed by atoms with van der Waals surface area (Å²) >= 11 is 1.55. The van der Waals surface area contributed by atoms with E-state index in [2.05, 4.69) is 30.0 Å². The summed E-state index contributed by atoms with van der Waals surface area (Å²) in [5, 5.41) is 15.2. The Hall–Kier alpha value is -2.10. The molecule has 2 amide bonds. The van der Waals surface area contributed by atoms with E-state index in [1.54, 1.807) is 17.8 Å². The number of piperazine rings is 1. The van der Waals surface area contributed by atoms with E-state index >= 15 is 0 Å². The van der Waals surface area contributed by atoms with Crippen LogP contribution >= 0.6 is 11.8 Å². The molecule has 1 saturated heterocycles. The van der Waals surface area contributed by atoms with Crippen molar-refractivity contribution in [3.05, 3.63) is 23.3 Å². The summed E-state index contributed by atoms with van der Waals surface area (Å²) in [6, 6.07) is 3.34. The van der Waals surface area contributed by atoms with E-state index in [0.717, 1.165) is 22.4 Å². The van der Waals surface area contributed by atoms with Gasteiger partial charge in [-0.3, -0.25) is 20.3 Å². The molecule has 1 heterocycles. The second-order valence-electron chi connectivity index (χ2n) is 8.63. The van der Waals surface area contributed by atoms with Crippen molar-refractivity contribution in [3.63, 3.8) is 0 Å². The predicted molar refractivity (Wildman–Crippen MR) is 121 cm³/mol. The molecular formula is C22H32N4O4S. The molecule has 1 saturated carbocycles. The summed E-state index contributed by atoms with van der Waals surface area (Å²) in [7, 11) is 1.51. The molecule has 1 aromatic rings. The van der Waals surface area contributed by atoms with Crippen LogP contribution in [0.3, 0.4) is 0 Å². The number of ketones is 2. The number of nitrogens with zero attached hydrogens (tertiary/aromatic N) is 1. The smallest absolute Gasteiger partial charge is 0.318 e. The van der Waals surface area contributed by atoms with Crippen LogP contribution in [0.4, 0.5) is 10.5 Å². The molecule has 0 unspecified atom stereocenters. The van der Waals surface area contributed by atoms with Gasteiger partial charge in [0.2, 0.25) is 0 Å². The van der Waals surface area contributed by atoms with E-state index in [4.69, 9.17) is 0 Å². The summed E-state index contributed by atoms with van der Waals surface area (Å²) in [4.78, 5) is 41.6. The molecular weight excluding hydrogens is 416 g/mol. The normalized spacial score (nSPS) is 23.7. The van der Waals surface area contributed by atoms with E-state index < -0.39 is 17.5 Å². The molecule has 2 atom stereocenters. The molecule has 0 aromatic heterocycles. The van der Waals surface area contributed by atoms with Gasteiger partial charge >= 0.3 is 6.03 Å². The zero-order valence-corrected chi connectivity index (χ0v) is 19.4. The third-order valence-electron chi connectivity index (χ3n) is 6.25. The number of hydrogen-bond acceptors (Lipinski definition) is 7. The lowest BCUT2D eigenvalue weighted by Crippen LogP contribution is -2.70. The Morgan fingerprint density at radius 2 is 2.13 bits per heavy atom. The van der Waals surface area contributed by atoms with Gasteiger partial charge in [0.05, 0.1) is 5.69 Å². The van der Waals surface area contributed by atoms with Gasteiger partial charge in [-0.15, -0.1) is 11.8 Å². The number of nitrogens with one attached hydrogen (secondary N) is 3. The minimum atomic E-state index is -1.42. The molecule has 9 heteroatoms. The van der Waals surface area contributed by atoms with Crippen molar-refractivity contribution in [2.75, 3.05) is 38.4 Å². The van der Waals surface area contributed by atoms with Crippen molar-refractivity contribution in [3.8, 4) is 0 Å². The third-order valence-corrected chi connectivity index (χ3v) is 7.12. The largest absolute Gasteiger partial charge is 0.341 e. The second kappa shape index (κ2) is 9.58. The fourth-order valence-corrected chi connectivity index (χ4v) is 5.62. The van der Waals surface area contributed by atoms with Gasteiger partial charge in [0.1, 0.15) is 0 Å². The summed E-state index contributed by atoms with van der Waals surface area (Å²) < 4.78 is 0. The number of amides is 2. The zero-order valence-electron chi connectivity index (χ0n) is 18.6. The van der Waals surface area contributed by atoms with Crippen molar-refractivity contribution >= 4 is 35.0 Å². The Labute approximate surface area is 187 Å². The standard InChI is InChI=1S/C22H32N4O4S/c1-13(2)9-16-14(5-6-17(25-30)19(16)31-4)10-15-11-18(27)22(20(15)28)12-24-7-8-26(22)21(29)23-3/h5-6,13,15,24-25,30H,7-12H2,1-4H3,(H,23,29)/t15-,22+/m1/s1. The first kappa shape index (κ1) is 23.6. The Morgan fingerprint density at radius 3 is 2.74 bits per heavy atom. The maximum atomic E-state index is 13.6. The van der Waals surface area contributed by atoms with E-state index in [-0.39, 0.29) is 24.5 Å². The van der Waals surface area contributed by atoms with E-state index in [9.17, 15) is 19.6 Å². The molecule has 2 fully saturated rings. The first-order chi connectivity index (χ1) is 14.8. The Kier molecular flexibility index (Phi) is 7.28. The number of hydrogen-bond donors (Lipinski definition) is 4. The van der Waals surface area contributed by atoms with Gasteiger partial charge in [-0.1, -0.05) is 19.9 Å². The highest BCUT2D eigenvalue weighted by atomic mass is 32.2. The van der Waals surface area contributed by atoms with E-state index in [1.165, 1.54) is 11.9 Å². The number of urea groups is 1. The molecule has 0 radical (unpaired) electrons. The molecule has 1 aliphatic carbocycles. The molecule has 3 rings (SSSR count). The van der Waals surface area contributed by atoms with E-state index in [1.807, 2.05) is 12.3 Å². The first-order valence-electron chi connectivity index (χ1n) is 10.7. The van der Waals surface area contributed by atoms with Crippen molar-refractivity contribution in [2.45, 2.75) is 43.5 Å². The van der Waals surface area contributed by atoms with Crippen LogP contribution in [-0.4, -0.2) is 66.2 Å². The number of benzene rings is 1. The minimum Gasteiger partial charge on any atom is -0.341 e. The van der Waals surface area contributed by atoms with Gasteiger partial charge < -0.3 is 15.5 Å². The van der Waals surface area contributed by atoms with Crippen LogP contribution in [0.15, 0.2) is 17.0 Å². The molecule has 1 aromatic carbocycles. The lowest BCUT2D eigenvalue weighted by atomic mass is 9.86. The lowest BCUT2D eigenvalue weighted by molar-refractivity contribution is -0.137. The Balaban J connectivity index is 1.96. The van der Waals surface area contributed by atoms with Gasteiger partial charge in [0.15, 0.2) is 17.1 Å². The van der Waals surface area contributed by atoms with Gasteiger partial charge in [0.25, 0.3) is 0 Å². The average molecular weight is 449 g/mol. The van der Waals surface area contributed by atoms with Gasteiger partial charge in [-0.2, -0.15) is 0 Å². The molecule has 170 valence electrons. The van der Waals surface area contributed by atoms with Crippen molar-refractivity contribution in [2.24, 2.45) is 11.8 Å². The van der Waals surface area contributed by atoms with Gasteiger partial charge in [0, 0.05) is 43.9 Å². The van der Waals surface area contributed by atoms with Crippen LogP contribution in [0.2, 0.25) is 0 Å². The molecule has 4 N–H and O–H groups in total. The SMILES string of the molecule is CNC(=O)N1CCNC[C@@]12C(=O)C[C@@H](Cc1ccc(NO)c(SC)c1CC(C)C)C2=O. The number of Topliss-reactive ketones (excluding diaryl/α,β-unsaturated/α-hetero) is 2. The highest BCUT2D eigenvalue weighted by Crippen LogP contribution is 2.39. The number of thioether (sulfide) groups is 1. The summed E-state index contributed by atoms with van der Waals surface area (Å²) in [5.74, 6) is -0.466. The van der Waals surface area contributed by atoms with Crippen LogP contribution in [0, 0.1) is 11.8 Å². The molecule has 1 aliphatic heterocycles. The molecule has 31 heavy (non-hydrogen) atoms. The number of anilines is 1. The average Bonchev–Trinajstić information content (AvgIpc) is 2.98. The second-order valence-corrected chi connectivity index (χ2v) is 9.45. The van der Waals surface area contributed by atoms with Crippen LogP contribution in [0.25, 0.3) is 0 Å².